The Morgan fingerprint density at radius 1 is 1.18 bits per heavy atom. The summed E-state index contributed by atoms with van der Waals surface area (Å²) in [7, 11) is 1.49. The van der Waals surface area contributed by atoms with Crippen LogP contribution in [-0.2, 0) is 23.9 Å². The lowest BCUT2D eigenvalue weighted by Gasteiger charge is -2.39. The highest BCUT2D eigenvalue weighted by Gasteiger charge is 2.43. The van der Waals surface area contributed by atoms with Crippen LogP contribution in [0, 0.1) is 12.8 Å². The van der Waals surface area contributed by atoms with E-state index in [4.69, 9.17) is 9.47 Å². The highest BCUT2D eigenvalue weighted by molar-refractivity contribution is 7.10. The maximum atomic E-state index is 13.0. The fourth-order valence-electron chi connectivity index (χ4n) is 3.65. The Hall–Kier alpha value is -3.24. The highest BCUT2D eigenvalue weighted by Crippen LogP contribution is 2.42. The maximum absolute atomic E-state index is 13.0. The molecule has 0 aliphatic carbocycles. The van der Waals surface area contributed by atoms with Gasteiger partial charge >= 0.3 is 12.0 Å². The van der Waals surface area contributed by atoms with Gasteiger partial charge in [0.05, 0.1) is 18.6 Å². The number of piperidine rings is 1. The maximum Gasteiger partial charge on any atom is 0.321 e. The summed E-state index contributed by atoms with van der Waals surface area (Å²) in [6, 6.07) is 10.1. The number of urea groups is 1. The first-order chi connectivity index (χ1) is 15.9. The van der Waals surface area contributed by atoms with Gasteiger partial charge in [-0.15, -0.1) is 11.3 Å². The van der Waals surface area contributed by atoms with Crippen LogP contribution < -0.4 is 15.5 Å². The Labute approximate surface area is 196 Å². The molecule has 33 heavy (non-hydrogen) atoms. The van der Waals surface area contributed by atoms with E-state index in [9.17, 15) is 19.2 Å². The number of hydrogen-bond donors (Lipinski definition) is 2. The Morgan fingerprint density at radius 2 is 1.94 bits per heavy atom. The molecule has 176 valence electrons. The molecule has 10 heteroatoms. The summed E-state index contributed by atoms with van der Waals surface area (Å²) in [6.07, 6.45) is 0.491. The van der Waals surface area contributed by atoms with Crippen molar-refractivity contribution in [2.24, 2.45) is 5.92 Å². The number of aryl methyl sites for hydroxylation is 1. The van der Waals surface area contributed by atoms with Gasteiger partial charge in [0.2, 0.25) is 5.91 Å². The second-order valence-corrected chi connectivity index (χ2v) is 8.59. The molecule has 1 aromatic carbocycles. The number of methoxy groups -OCH3 is 1. The number of amides is 4. The predicted octanol–water partition coefficient (Wildman–Crippen LogP) is 2.56. The van der Waals surface area contributed by atoms with Crippen LogP contribution in [0.2, 0.25) is 0 Å². The zero-order valence-electron chi connectivity index (χ0n) is 18.5. The van der Waals surface area contributed by atoms with Crippen molar-refractivity contribution < 1.29 is 28.7 Å². The second-order valence-electron chi connectivity index (χ2n) is 7.61. The number of benzene rings is 1. The van der Waals surface area contributed by atoms with Crippen LogP contribution in [0.15, 0.2) is 41.8 Å². The van der Waals surface area contributed by atoms with Gasteiger partial charge in [0.1, 0.15) is 0 Å². The van der Waals surface area contributed by atoms with Crippen molar-refractivity contribution in [1.29, 1.82) is 0 Å². The minimum Gasteiger partial charge on any atom is -0.455 e. The number of ether oxygens (including phenoxy) is 2. The summed E-state index contributed by atoms with van der Waals surface area (Å²) in [5.74, 6) is -2.06. The molecule has 0 bridgehead atoms. The van der Waals surface area contributed by atoms with Gasteiger partial charge < -0.3 is 19.7 Å². The average Bonchev–Trinajstić information content (AvgIpc) is 3.33. The molecule has 1 aromatic heterocycles. The number of hydrogen-bond acceptors (Lipinski definition) is 7. The molecule has 1 saturated heterocycles. The summed E-state index contributed by atoms with van der Waals surface area (Å²) in [4.78, 5) is 52.1. The third-order valence-corrected chi connectivity index (χ3v) is 6.18. The van der Waals surface area contributed by atoms with Gasteiger partial charge in [-0.25, -0.2) is 4.79 Å². The molecule has 2 N–H and O–H groups in total. The Bertz CT molecular complexity index is 977. The molecule has 2 heterocycles. The molecule has 2 unspecified atom stereocenters. The molecule has 2 aromatic rings. The number of nitrogens with one attached hydrogen (secondary N) is 2. The fraction of sp³-hybridized carbons (Fsp3) is 0.391. The summed E-state index contributed by atoms with van der Waals surface area (Å²) in [5, 5.41) is 6.43. The quantitative estimate of drug-likeness (QED) is 0.450. The number of carbonyl (C=O) groups is 4. The normalized spacial score (nSPS) is 18.0. The molecule has 0 radical (unpaired) electrons. The Kier molecular flexibility index (Phi) is 8.56. The molecule has 9 nitrogen and oxygen atoms in total. The van der Waals surface area contributed by atoms with Crippen LogP contribution in [-0.4, -0.2) is 50.7 Å². The van der Waals surface area contributed by atoms with Crippen molar-refractivity contribution in [2.75, 3.05) is 31.8 Å². The summed E-state index contributed by atoms with van der Waals surface area (Å²) < 4.78 is 10.1. The summed E-state index contributed by atoms with van der Waals surface area (Å²) in [5.41, 5.74) is 1.76. The minimum absolute atomic E-state index is 0.0771. The van der Waals surface area contributed by atoms with Gasteiger partial charge in [-0.05, 0) is 36.9 Å². The first-order valence-corrected chi connectivity index (χ1v) is 11.4. The van der Waals surface area contributed by atoms with Crippen LogP contribution in [0.1, 0.15) is 29.3 Å². The lowest BCUT2D eigenvalue weighted by molar-refractivity contribution is -0.154. The lowest BCUT2D eigenvalue weighted by atomic mass is 9.87. The molecule has 4 amide bonds. The van der Waals surface area contributed by atoms with Crippen LogP contribution in [0.3, 0.4) is 0 Å². The number of rotatable bonds is 8. The van der Waals surface area contributed by atoms with Crippen molar-refractivity contribution in [1.82, 2.24) is 10.6 Å². The number of nitrogens with zero attached hydrogens (tertiary/aromatic N) is 1. The summed E-state index contributed by atoms with van der Waals surface area (Å²) in [6.45, 7) is 1.91. The highest BCUT2D eigenvalue weighted by atomic mass is 32.1. The number of esters is 1. The van der Waals surface area contributed by atoms with Crippen LogP contribution in [0.4, 0.5) is 10.5 Å². The molecule has 0 saturated carbocycles. The van der Waals surface area contributed by atoms with Gasteiger partial charge in [0, 0.05) is 30.6 Å². The fourth-order valence-corrected chi connectivity index (χ4v) is 4.53. The van der Waals surface area contributed by atoms with Crippen LogP contribution >= 0.6 is 11.3 Å². The molecule has 1 aliphatic heterocycles. The molecular weight excluding hydrogens is 446 g/mol. The molecule has 2 atom stereocenters. The van der Waals surface area contributed by atoms with E-state index in [1.165, 1.54) is 18.4 Å². The van der Waals surface area contributed by atoms with E-state index in [-0.39, 0.29) is 18.9 Å². The number of thiophene rings is 1. The van der Waals surface area contributed by atoms with Gasteiger partial charge in [0.25, 0.3) is 5.91 Å². The van der Waals surface area contributed by atoms with E-state index < -0.39 is 36.5 Å². The smallest absolute Gasteiger partial charge is 0.321 e. The Balaban J connectivity index is 1.70. The average molecular weight is 474 g/mol. The molecule has 0 spiro atoms. The third kappa shape index (κ3) is 6.39. The molecule has 1 fully saturated rings. The van der Waals surface area contributed by atoms with Crippen LogP contribution in [0.25, 0.3) is 0 Å². The molecule has 1 aliphatic rings. The van der Waals surface area contributed by atoms with E-state index in [1.807, 2.05) is 48.7 Å². The Morgan fingerprint density at radius 3 is 2.61 bits per heavy atom. The largest absolute Gasteiger partial charge is 0.455 e. The number of imide groups is 1. The minimum atomic E-state index is -0.742. The van der Waals surface area contributed by atoms with Crippen molar-refractivity contribution in [3.05, 3.63) is 52.2 Å². The topological polar surface area (TPSA) is 114 Å². The van der Waals surface area contributed by atoms with Crippen molar-refractivity contribution >= 4 is 40.8 Å². The molecule has 3 rings (SSSR count). The zero-order valence-corrected chi connectivity index (χ0v) is 19.4. The van der Waals surface area contributed by atoms with Gasteiger partial charge in [0.15, 0.2) is 6.61 Å². The SMILES string of the molecule is COCCNC(=O)NC(=O)COC(=O)C1CCC(=O)N(c2ccc(C)cc2)C1c1cccs1. The van der Waals surface area contributed by atoms with Gasteiger partial charge in [-0.1, -0.05) is 23.8 Å². The predicted molar refractivity (Wildman–Crippen MR) is 123 cm³/mol. The van der Waals surface area contributed by atoms with E-state index in [0.717, 1.165) is 10.4 Å². The van der Waals surface area contributed by atoms with E-state index in [2.05, 4.69) is 10.6 Å². The van der Waals surface area contributed by atoms with Crippen molar-refractivity contribution in [2.45, 2.75) is 25.8 Å². The van der Waals surface area contributed by atoms with E-state index in [1.54, 1.807) is 4.90 Å². The number of anilines is 1. The monoisotopic (exact) mass is 473 g/mol. The standard InChI is InChI=1S/C23H27N3O6S/c1-15-5-7-16(8-6-15)26-20(28)10-9-17(21(26)18-4-3-13-33-18)22(29)32-14-19(27)25-23(30)24-11-12-31-2/h3-8,13,17,21H,9-12,14H2,1-2H3,(H2,24,25,27,30). The van der Waals surface area contributed by atoms with E-state index in [0.29, 0.717) is 18.7 Å². The first-order valence-electron chi connectivity index (χ1n) is 10.6. The lowest BCUT2D eigenvalue weighted by Crippen LogP contribution is -2.46. The second kappa shape index (κ2) is 11.6. The van der Waals surface area contributed by atoms with Gasteiger partial charge in [-0.3, -0.25) is 19.7 Å². The van der Waals surface area contributed by atoms with E-state index >= 15 is 0 Å². The zero-order chi connectivity index (χ0) is 23.8. The van der Waals surface area contributed by atoms with Crippen LogP contribution in [0.5, 0.6) is 0 Å². The summed E-state index contributed by atoms with van der Waals surface area (Å²) >= 11 is 1.45. The van der Waals surface area contributed by atoms with Crippen molar-refractivity contribution in [3.8, 4) is 0 Å². The molecular formula is C23H27N3O6S. The first kappa shape index (κ1) is 24.4. The third-order valence-electron chi connectivity index (χ3n) is 5.24. The van der Waals surface area contributed by atoms with Gasteiger partial charge in [-0.2, -0.15) is 0 Å². The van der Waals surface area contributed by atoms with Crippen molar-refractivity contribution in [3.63, 3.8) is 0 Å². The number of carbonyl (C=O) groups excluding carboxylic acids is 4.